The standard InChI is InChI=1S/C19H25FN4O3/c1-19(2,3)16(17(21)25)22-18(26)14-12-7-4-8-13(20)15(12)24(23-14)10-11-6-5-9-27-11/h4,7-8,11,16H,5-6,9-10H2,1-3H3,(H2,21,25)(H,22,26)/t11?,16-/m1/s1. The zero-order chi connectivity index (χ0) is 19.8. The number of primary amides is 1. The number of carbonyl (C=O) groups is 2. The third-order valence-electron chi connectivity index (χ3n) is 4.76. The van der Waals surface area contributed by atoms with Crippen LogP contribution in [0.4, 0.5) is 4.39 Å². The Kier molecular flexibility index (Phi) is 5.19. The van der Waals surface area contributed by atoms with E-state index in [4.69, 9.17) is 10.5 Å². The van der Waals surface area contributed by atoms with Gasteiger partial charge < -0.3 is 15.8 Å². The van der Waals surface area contributed by atoms with E-state index in [9.17, 15) is 14.0 Å². The first-order valence-corrected chi connectivity index (χ1v) is 9.05. The highest BCUT2D eigenvalue weighted by Gasteiger charge is 2.33. The fourth-order valence-corrected chi connectivity index (χ4v) is 3.39. The van der Waals surface area contributed by atoms with E-state index in [0.29, 0.717) is 18.5 Å². The minimum absolute atomic E-state index is 0.0587. The van der Waals surface area contributed by atoms with Crippen molar-refractivity contribution in [2.45, 2.75) is 52.3 Å². The topological polar surface area (TPSA) is 99.2 Å². The maximum Gasteiger partial charge on any atom is 0.273 e. The van der Waals surface area contributed by atoms with Gasteiger partial charge in [0, 0.05) is 12.0 Å². The molecule has 27 heavy (non-hydrogen) atoms. The number of ether oxygens (including phenoxy) is 1. The van der Waals surface area contributed by atoms with Crippen molar-refractivity contribution in [2.75, 3.05) is 6.61 Å². The molecular formula is C19H25FN4O3. The van der Waals surface area contributed by atoms with Gasteiger partial charge in [0.05, 0.1) is 12.6 Å². The van der Waals surface area contributed by atoms with Crippen molar-refractivity contribution < 1.29 is 18.7 Å². The maximum atomic E-state index is 14.5. The van der Waals surface area contributed by atoms with E-state index in [1.165, 1.54) is 16.8 Å². The second kappa shape index (κ2) is 7.26. The number of nitrogens with two attached hydrogens (primary N) is 1. The molecule has 3 N–H and O–H groups in total. The molecule has 2 aromatic rings. The van der Waals surface area contributed by atoms with Gasteiger partial charge in [0.2, 0.25) is 5.91 Å². The van der Waals surface area contributed by atoms with Gasteiger partial charge in [-0.25, -0.2) is 4.39 Å². The number of hydrogen-bond acceptors (Lipinski definition) is 4. The van der Waals surface area contributed by atoms with Gasteiger partial charge >= 0.3 is 0 Å². The van der Waals surface area contributed by atoms with Crippen molar-refractivity contribution in [3.8, 4) is 0 Å². The molecule has 0 radical (unpaired) electrons. The fraction of sp³-hybridized carbons (Fsp3) is 0.526. The molecule has 2 atom stereocenters. The van der Waals surface area contributed by atoms with Gasteiger partial charge in [-0.05, 0) is 24.3 Å². The lowest BCUT2D eigenvalue weighted by molar-refractivity contribution is -0.122. The first-order chi connectivity index (χ1) is 12.7. The third-order valence-corrected chi connectivity index (χ3v) is 4.76. The number of nitrogens with one attached hydrogen (secondary N) is 1. The Balaban J connectivity index is 1.97. The molecule has 3 rings (SSSR count). The van der Waals surface area contributed by atoms with Gasteiger partial charge in [-0.3, -0.25) is 14.3 Å². The Hall–Kier alpha value is -2.48. The van der Waals surface area contributed by atoms with E-state index < -0.39 is 29.1 Å². The van der Waals surface area contributed by atoms with Crippen LogP contribution in [0.25, 0.3) is 10.9 Å². The monoisotopic (exact) mass is 376 g/mol. The first kappa shape index (κ1) is 19.3. The molecule has 2 heterocycles. The van der Waals surface area contributed by atoms with E-state index in [0.717, 1.165) is 12.8 Å². The number of rotatable bonds is 5. The SMILES string of the molecule is CC(C)(C)[C@H](NC(=O)c1nn(CC2CCCO2)c2c(F)cccc12)C(N)=O. The van der Waals surface area contributed by atoms with Crippen LogP contribution < -0.4 is 11.1 Å². The lowest BCUT2D eigenvalue weighted by atomic mass is 9.86. The Morgan fingerprint density at radius 3 is 2.78 bits per heavy atom. The van der Waals surface area contributed by atoms with Crippen molar-refractivity contribution in [3.05, 3.63) is 29.7 Å². The third kappa shape index (κ3) is 3.95. The van der Waals surface area contributed by atoms with Crippen LogP contribution in [-0.4, -0.2) is 40.3 Å². The van der Waals surface area contributed by atoms with Gasteiger partial charge in [-0.1, -0.05) is 32.9 Å². The van der Waals surface area contributed by atoms with Gasteiger partial charge in [0.25, 0.3) is 5.91 Å². The molecule has 1 aromatic heterocycles. The highest BCUT2D eigenvalue weighted by molar-refractivity contribution is 6.06. The quantitative estimate of drug-likeness (QED) is 0.833. The predicted octanol–water partition coefficient (Wildman–Crippen LogP) is 1.98. The number of amides is 2. The summed E-state index contributed by atoms with van der Waals surface area (Å²) in [6, 6.07) is 3.63. The number of hydrogen-bond donors (Lipinski definition) is 2. The van der Waals surface area contributed by atoms with Gasteiger partial charge in [-0.15, -0.1) is 0 Å². The summed E-state index contributed by atoms with van der Waals surface area (Å²) in [5.74, 6) is -1.65. The molecule has 1 aromatic carbocycles. The number of para-hydroxylation sites is 1. The highest BCUT2D eigenvalue weighted by atomic mass is 19.1. The smallest absolute Gasteiger partial charge is 0.273 e. The molecule has 1 aliphatic heterocycles. The van der Waals surface area contributed by atoms with Gasteiger partial charge in [-0.2, -0.15) is 5.10 Å². The molecular weight excluding hydrogens is 351 g/mol. The molecule has 1 unspecified atom stereocenters. The number of benzene rings is 1. The minimum atomic E-state index is -0.878. The Morgan fingerprint density at radius 1 is 1.44 bits per heavy atom. The average Bonchev–Trinajstić information content (AvgIpc) is 3.20. The molecule has 146 valence electrons. The predicted molar refractivity (Wildman–Crippen MR) is 98.6 cm³/mol. The molecule has 1 aliphatic rings. The van der Waals surface area contributed by atoms with Crippen LogP contribution in [0, 0.1) is 11.2 Å². The van der Waals surface area contributed by atoms with Crippen LogP contribution in [0.2, 0.25) is 0 Å². The van der Waals surface area contributed by atoms with Crippen molar-refractivity contribution in [3.63, 3.8) is 0 Å². The summed E-state index contributed by atoms with van der Waals surface area (Å²) in [4.78, 5) is 24.6. The summed E-state index contributed by atoms with van der Waals surface area (Å²) in [5, 5.41) is 7.38. The first-order valence-electron chi connectivity index (χ1n) is 9.05. The largest absolute Gasteiger partial charge is 0.376 e. The zero-order valence-electron chi connectivity index (χ0n) is 15.8. The molecule has 7 nitrogen and oxygen atoms in total. The summed E-state index contributed by atoms with van der Waals surface area (Å²) in [6.07, 6.45) is 1.76. The van der Waals surface area contributed by atoms with Gasteiger partial charge in [0.1, 0.15) is 17.4 Å². The van der Waals surface area contributed by atoms with Crippen LogP contribution in [0.15, 0.2) is 18.2 Å². The molecule has 0 spiro atoms. The number of aromatic nitrogens is 2. The van der Waals surface area contributed by atoms with E-state index in [1.807, 2.05) is 0 Å². The summed E-state index contributed by atoms with van der Waals surface area (Å²) in [6.45, 7) is 6.44. The lowest BCUT2D eigenvalue weighted by Gasteiger charge is -2.28. The average molecular weight is 376 g/mol. The molecule has 8 heteroatoms. The molecule has 1 fully saturated rings. The second-order valence-electron chi connectivity index (χ2n) is 7.98. The van der Waals surface area contributed by atoms with Crippen LogP contribution in [-0.2, 0) is 16.1 Å². The van der Waals surface area contributed by atoms with E-state index in [2.05, 4.69) is 10.4 Å². The van der Waals surface area contributed by atoms with E-state index in [-0.39, 0.29) is 17.3 Å². The summed E-state index contributed by atoms with van der Waals surface area (Å²) < 4.78 is 21.6. The number of nitrogens with zero attached hydrogens (tertiary/aromatic N) is 2. The van der Waals surface area contributed by atoms with Gasteiger partial charge in [0.15, 0.2) is 5.69 Å². The number of carbonyl (C=O) groups excluding carboxylic acids is 2. The van der Waals surface area contributed by atoms with Crippen molar-refractivity contribution >= 4 is 22.7 Å². The van der Waals surface area contributed by atoms with Crippen LogP contribution in [0.1, 0.15) is 44.1 Å². The molecule has 0 saturated carbocycles. The minimum Gasteiger partial charge on any atom is -0.376 e. The fourth-order valence-electron chi connectivity index (χ4n) is 3.39. The van der Waals surface area contributed by atoms with E-state index >= 15 is 0 Å². The van der Waals surface area contributed by atoms with E-state index in [1.54, 1.807) is 26.8 Å². The van der Waals surface area contributed by atoms with Crippen molar-refractivity contribution in [2.24, 2.45) is 11.1 Å². The van der Waals surface area contributed by atoms with Crippen molar-refractivity contribution in [1.82, 2.24) is 15.1 Å². The highest BCUT2D eigenvalue weighted by Crippen LogP contribution is 2.25. The molecule has 1 saturated heterocycles. The molecule has 2 amide bonds. The Labute approximate surface area is 157 Å². The lowest BCUT2D eigenvalue weighted by Crippen LogP contribution is -2.52. The summed E-state index contributed by atoms with van der Waals surface area (Å²) in [7, 11) is 0. The van der Waals surface area contributed by atoms with Crippen LogP contribution in [0.5, 0.6) is 0 Å². The Morgan fingerprint density at radius 2 is 2.19 bits per heavy atom. The summed E-state index contributed by atoms with van der Waals surface area (Å²) in [5.41, 5.74) is 5.20. The number of halogens is 1. The number of fused-ring (bicyclic) bond motifs is 1. The van der Waals surface area contributed by atoms with Crippen LogP contribution >= 0.6 is 0 Å². The van der Waals surface area contributed by atoms with Crippen LogP contribution in [0.3, 0.4) is 0 Å². The Bertz CT molecular complexity index is 866. The normalized spacial score (nSPS) is 18.6. The zero-order valence-corrected chi connectivity index (χ0v) is 15.8. The van der Waals surface area contributed by atoms with Crippen molar-refractivity contribution in [1.29, 1.82) is 0 Å². The molecule has 0 bridgehead atoms. The summed E-state index contributed by atoms with van der Waals surface area (Å²) >= 11 is 0. The maximum absolute atomic E-state index is 14.5. The second-order valence-corrected chi connectivity index (χ2v) is 7.98. The molecule has 0 aliphatic carbocycles.